The molecule has 0 aliphatic rings. The van der Waals surface area contributed by atoms with E-state index in [1.807, 2.05) is 47.0 Å². The summed E-state index contributed by atoms with van der Waals surface area (Å²) in [6.07, 6.45) is 0.821. The Labute approximate surface area is 210 Å². The fraction of sp³-hybridized carbons (Fsp3) is 0.385. The lowest BCUT2D eigenvalue weighted by Crippen LogP contribution is -2.26. The summed E-state index contributed by atoms with van der Waals surface area (Å²) in [6.45, 7) is 6.84. The lowest BCUT2D eigenvalue weighted by atomic mass is 10.0. The molecule has 0 unspecified atom stereocenters. The Kier molecular flexibility index (Phi) is 9.72. The molecule has 0 aliphatic carbocycles. The molecule has 0 radical (unpaired) electrons. The van der Waals surface area contributed by atoms with Crippen molar-refractivity contribution in [3.05, 3.63) is 54.1 Å². The highest BCUT2D eigenvalue weighted by Crippen LogP contribution is 2.32. The maximum atomic E-state index is 12.4. The molecule has 3 aromatic rings. The van der Waals surface area contributed by atoms with Crippen LogP contribution in [0.25, 0.3) is 17.1 Å². The zero-order chi connectivity index (χ0) is 25.2. The van der Waals surface area contributed by atoms with Crippen molar-refractivity contribution in [1.29, 1.82) is 0 Å². The number of aromatic nitrogens is 3. The van der Waals surface area contributed by atoms with Gasteiger partial charge in [0.05, 0.1) is 25.2 Å². The first-order valence-electron chi connectivity index (χ1n) is 11.7. The highest BCUT2D eigenvalue weighted by atomic mass is 32.2. The maximum Gasteiger partial charge on any atom is 0.305 e. The maximum absolute atomic E-state index is 12.4. The Morgan fingerprint density at radius 2 is 1.83 bits per heavy atom. The van der Waals surface area contributed by atoms with Crippen LogP contribution in [0.2, 0.25) is 0 Å². The topological polar surface area (TPSA) is 95.3 Å². The molecule has 2 aromatic carbocycles. The van der Waals surface area contributed by atoms with Gasteiger partial charge in [0, 0.05) is 18.5 Å². The largest absolute Gasteiger partial charge is 0.497 e. The molecule has 0 aliphatic heterocycles. The van der Waals surface area contributed by atoms with Crippen molar-refractivity contribution in [2.75, 3.05) is 26.0 Å². The minimum atomic E-state index is -0.251. The van der Waals surface area contributed by atoms with Crippen LogP contribution in [0.15, 0.2) is 53.7 Å². The first-order chi connectivity index (χ1) is 16.9. The number of carbonyl (C=O) groups excluding carboxylic acids is 2. The van der Waals surface area contributed by atoms with Crippen LogP contribution in [-0.2, 0) is 14.3 Å². The average molecular weight is 497 g/mol. The number of nitrogens with zero attached hydrogens (tertiary/aromatic N) is 3. The standard InChI is InChI=1S/C26H32N4O4S/c1-5-34-24(32)11-8-16-27-23(31)17-35-26-29-28-25(19-12-14-20(33-4)15-13-19)30(26)22-10-7-6-9-21(22)18(2)3/h6-7,9-10,12-15,18H,5,8,11,16-17H2,1-4H3,(H,27,31). The predicted molar refractivity (Wildman–Crippen MR) is 137 cm³/mol. The van der Waals surface area contributed by atoms with Gasteiger partial charge in [-0.15, -0.1) is 10.2 Å². The molecule has 0 bridgehead atoms. The molecule has 1 N–H and O–H groups in total. The predicted octanol–water partition coefficient (Wildman–Crippen LogP) is 4.62. The highest BCUT2D eigenvalue weighted by molar-refractivity contribution is 7.99. The van der Waals surface area contributed by atoms with Crippen molar-refractivity contribution < 1.29 is 19.1 Å². The molecule has 1 aromatic heterocycles. The number of thioether (sulfide) groups is 1. The van der Waals surface area contributed by atoms with Crippen LogP contribution in [0, 0.1) is 0 Å². The molecule has 186 valence electrons. The summed E-state index contributed by atoms with van der Waals surface area (Å²) in [6, 6.07) is 15.8. The van der Waals surface area contributed by atoms with E-state index < -0.39 is 0 Å². The fourth-order valence-electron chi connectivity index (χ4n) is 3.56. The van der Waals surface area contributed by atoms with E-state index in [4.69, 9.17) is 9.47 Å². The number of rotatable bonds is 12. The van der Waals surface area contributed by atoms with Crippen molar-refractivity contribution in [3.8, 4) is 22.8 Å². The van der Waals surface area contributed by atoms with E-state index in [0.717, 1.165) is 22.6 Å². The normalized spacial score (nSPS) is 10.9. The number of ether oxygens (including phenoxy) is 2. The number of carbonyl (C=O) groups is 2. The molecule has 0 spiro atoms. The van der Waals surface area contributed by atoms with Gasteiger partial charge in [-0.05, 0) is 55.2 Å². The monoisotopic (exact) mass is 496 g/mol. The van der Waals surface area contributed by atoms with Gasteiger partial charge in [-0.1, -0.05) is 43.8 Å². The van der Waals surface area contributed by atoms with Gasteiger partial charge in [0.25, 0.3) is 0 Å². The van der Waals surface area contributed by atoms with Gasteiger partial charge >= 0.3 is 5.97 Å². The van der Waals surface area contributed by atoms with Crippen molar-refractivity contribution in [2.24, 2.45) is 0 Å². The van der Waals surface area contributed by atoms with Gasteiger partial charge in [0.1, 0.15) is 5.75 Å². The minimum absolute atomic E-state index is 0.128. The minimum Gasteiger partial charge on any atom is -0.497 e. The number of hydrogen-bond donors (Lipinski definition) is 1. The van der Waals surface area contributed by atoms with Gasteiger partial charge in [-0.3, -0.25) is 14.2 Å². The van der Waals surface area contributed by atoms with Gasteiger partial charge in [0.2, 0.25) is 5.91 Å². The van der Waals surface area contributed by atoms with Gasteiger partial charge in [-0.25, -0.2) is 0 Å². The summed E-state index contributed by atoms with van der Waals surface area (Å²) in [5.41, 5.74) is 3.04. The van der Waals surface area contributed by atoms with Gasteiger partial charge in [-0.2, -0.15) is 0 Å². The summed E-state index contributed by atoms with van der Waals surface area (Å²) in [4.78, 5) is 23.9. The number of esters is 1. The number of hydrogen-bond acceptors (Lipinski definition) is 7. The molecule has 0 fully saturated rings. The summed E-state index contributed by atoms with van der Waals surface area (Å²) < 4.78 is 12.2. The Morgan fingerprint density at radius 3 is 2.51 bits per heavy atom. The van der Waals surface area contributed by atoms with Crippen molar-refractivity contribution >= 4 is 23.6 Å². The number of nitrogens with one attached hydrogen (secondary N) is 1. The van der Waals surface area contributed by atoms with Crippen LogP contribution in [-0.4, -0.2) is 52.7 Å². The van der Waals surface area contributed by atoms with Crippen LogP contribution in [0.5, 0.6) is 5.75 Å². The summed E-state index contributed by atoms with van der Waals surface area (Å²) in [5, 5.41) is 12.4. The zero-order valence-electron chi connectivity index (χ0n) is 20.6. The van der Waals surface area contributed by atoms with E-state index in [-0.39, 0.29) is 30.0 Å². The molecular formula is C26H32N4O4S. The fourth-order valence-corrected chi connectivity index (χ4v) is 4.34. The van der Waals surface area contributed by atoms with Crippen LogP contribution >= 0.6 is 11.8 Å². The number of para-hydroxylation sites is 1. The first-order valence-corrected chi connectivity index (χ1v) is 12.7. The lowest BCUT2D eigenvalue weighted by molar-refractivity contribution is -0.143. The Hall–Kier alpha value is -3.33. The molecule has 8 nitrogen and oxygen atoms in total. The molecule has 3 rings (SSSR count). The third kappa shape index (κ3) is 7.08. The van der Waals surface area contributed by atoms with Crippen molar-refractivity contribution in [2.45, 2.75) is 44.7 Å². The van der Waals surface area contributed by atoms with Crippen LogP contribution in [0.3, 0.4) is 0 Å². The second-order valence-corrected chi connectivity index (χ2v) is 9.07. The number of benzene rings is 2. The molecule has 1 amide bonds. The Balaban J connectivity index is 1.80. The zero-order valence-corrected chi connectivity index (χ0v) is 21.4. The highest BCUT2D eigenvalue weighted by Gasteiger charge is 2.20. The van der Waals surface area contributed by atoms with Crippen LogP contribution < -0.4 is 10.1 Å². The van der Waals surface area contributed by atoms with E-state index in [9.17, 15) is 9.59 Å². The molecule has 35 heavy (non-hydrogen) atoms. The SMILES string of the molecule is CCOC(=O)CCCNC(=O)CSc1nnc(-c2ccc(OC)cc2)n1-c1ccccc1C(C)C. The summed E-state index contributed by atoms with van der Waals surface area (Å²) in [5.74, 6) is 1.55. The summed E-state index contributed by atoms with van der Waals surface area (Å²) in [7, 11) is 1.63. The Morgan fingerprint density at radius 1 is 1.09 bits per heavy atom. The van der Waals surface area contributed by atoms with Gasteiger partial charge in [0.15, 0.2) is 11.0 Å². The van der Waals surface area contributed by atoms with Crippen molar-refractivity contribution in [1.82, 2.24) is 20.1 Å². The summed E-state index contributed by atoms with van der Waals surface area (Å²) >= 11 is 1.33. The second-order valence-electron chi connectivity index (χ2n) is 8.13. The average Bonchev–Trinajstić information content (AvgIpc) is 3.29. The van der Waals surface area contributed by atoms with Crippen LogP contribution in [0.4, 0.5) is 0 Å². The molecule has 1 heterocycles. The molecular weight excluding hydrogens is 464 g/mol. The van der Waals surface area contributed by atoms with E-state index >= 15 is 0 Å². The lowest BCUT2D eigenvalue weighted by Gasteiger charge is -2.17. The number of methoxy groups -OCH3 is 1. The quantitative estimate of drug-likeness (QED) is 0.222. The van der Waals surface area contributed by atoms with Crippen molar-refractivity contribution in [3.63, 3.8) is 0 Å². The van der Waals surface area contributed by atoms with Crippen LogP contribution in [0.1, 0.15) is 45.1 Å². The van der Waals surface area contributed by atoms with Gasteiger partial charge < -0.3 is 14.8 Å². The van der Waals surface area contributed by atoms with E-state index in [1.54, 1.807) is 14.0 Å². The molecule has 0 saturated carbocycles. The first kappa shape index (κ1) is 26.3. The number of amides is 1. The van der Waals surface area contributed by atoms with E-state index in [0.29, 0.717) is 30.6 Å². The molecule has 0 saturated heterocycles. The molecule has 0 atom stereocenters. The van der Waals surface area contributed by atoms with E-state index in [2.05, 4.69) is 35.4 Å². The third-order valence-electron chi connectivity index (χ3n) is 5.30. The third-order valence-corrected chi connectivity index (χ3v) is 6.23. The molecule has 9 heteroatoms. The second kappa shape index (κ2) is 12.9. The smallest absolute Gasteiger partial charge is 0.305 e. The van der Waals surface area contributed by atoms with E-state index in [1.165, 1.54) is 11.8 Å². The Bertz CT molecular complexity index is 1130.